The van der Waals surface area contributed by atoms with Crippen LogP contribution in [0, 0.1) is 0 Å². The lowest BCUT2D eigenvalue weighted by atomic mass is 10.1. The number of rotatable bonds is 11. The van der Waals surface area contributed by atoms with Crippen molar-refractivity contribution in [2.75, 3.05) is 13.7 Å². The van der Waals surface area contributed by atoms with E-state index in [0.29, 0.717) is 36.5 Å². The summed E-state index contributed by atoms with van der Waals surface area (Å²) >= 11 is 0. The van der Waals surface area contributed by atoms with Gasteiger partial charge in [-0.2, -0.15) is 0 Å². The number of aliphatic carboxylic acids is 1. The van der Waals surface area contributed by atoms with Gasteiger partial charge in [0.15, 0.2) is 0 Å². The summed E-state index contributed by atoms with van der Waals surface area (Å²) in [5.74, 6) is -0.0767. The maximum Gasteiger partial charge on any atom is 0.303 e. The molecular formula is C24H26N2O5. The van der Waals surface area contributed by atoms with Gasteiger partial charge in [0.05, 0.1) is 20.8 Å². The Kier molecular flexibility index (Phi) is 7.31. The van der Waals surface area contributed by atoms with Gasteiger partial charge in [-0.3, -0.25) is 9.59 Å². The van der Waals surface area contributed by atoms with Crippen molar-refractivity contribution in [3.8, 4) is 17.2 Å². The molecule has 1 N–H and O–H groups in total. The van der Waals surface area contributed by atoms with Gasteiger partial charge < -0.3 is 19.2 Å². The molecular weight excluding hydrogens is 396 g/mol. The van der Waals surface area contributed by atoms with Crippen LogP contribution in [0.15, 0.2) is 65.4 Å². The Morgan fingerprint density at radius 1 is 1.13 bits per heavy atom. The monoisotopic (exact) mass is 423 g/mol. The summed E-state index contributed by atoms with van der Waals surface area (Å²) in [7, 11) is 1.57. The van der Waals surface area contributed by atoms with Crippen molar-refractivity contribution in [2.24, 2.45) is 0 Å². The van der Waals surface area contributed by atoms with Crippen molar-refractivity contribution >= 4 is 11.9 Å². The zero-order chi connectivity index (χ0) is 22.9. The molecule has 1 aromatic carbocycles. The van der Waals surface area contributed by atoms with Crippen LogP contribution < -0.4 is 4.74 Å². The van der Waals surface area contributed by atoms with E-state index in [-0.39, 0.29) is 12.3 Å². The standard InChI is InChI=1S/C24H26N2O5/c1-26(24(29)19-12-10-18(11-13-19)21-8-6-16-30-21)17-20-7-5-14-25-23(20)31-15-4-2-3-9-22(27)28/h5-8,10-14,16H,2-4,9,15,17H2,1H3,(H,27,28)/i17D. The predicted molar refractivity (Wildman–Crippen MR) is 116 cm³/mol. The smallest absolute Gasteiger partial charge is 0.303 e. The van der Waals surface area contributed by atoms with Crippen LogP contribution in [0.5, 0.6) is 5.88 Å². The molecule has 0 aliphatic rings. The van der Waals surface area contributed by atoms with Gasteiger partial charge in [-0.1, -0.05) is 18.2 Å². The van der Waals surface area contributed by atoms with Crippen molar-refractivity contribution < 1.29 is 25.2 Å². The fraction of sp³-hybridized carbons (Fsp3) is 0.292. The van der Waals surface area contributed by atoms with Crippen LogP contribution in [0.3, 0.4) is 0 Å². The number of hydrogen-bond donors (Lipinski definition) is 1. The topological polar surface area (TPSA) is 92.9 Å². The molecule has 0 aliphatic carbocycles. The van der Waals surface area contributed by atoms with Crippen LogP contribution in [0.25, 0.3) is 11.3 Å². The third kappa shape index (κ3) is 6.44. The number of carboxylic acid groups (broad SMARTS) is 1. The first-order chi connectivity index (χ1) is 15.5. The number of ether oxygens (including phenoxy) is 1. The fourth-order valence-corrected chi connectivity index (χ4v) is 3.04. The molecule has 7 nitrogen and oxygen atoms in total. The van der Waals surface area contributed by atoms with E-state index < -0.39 is 12.5 Å². The SMILES string of the molecule is [2H]C(c1cccnc1OCCCCCC(=O)O)N(C)C(=O)c1ccc(-c2ccco2)cc1. The molecule has 2 heterocycles. The average molecular weight is 423 g/mol. The molecule has 3 aromatic rings. The van der Waals surface area contributed by atoms with E-state index in [4.69, 9.17) is 15.6 Å². The highest BCUT2D eigenvalue weighted by Crippen LogP contribution is 2.22. The molecule has 0 spiro atoms. The van der Waals surface area contributed by atoms with Crippen LogP contribution in [-0.4, -0.2) is 40.5 Å². The maximum atomic E-state index is 12.9. The Balaban J connectivity index is 1.61. The second-order valence-electron chi connectivity index (χ2n) is 7.05. The number of hydrogen-bond acceptors (Lipinski definition) is 5. The number of pyridine rings is 1. The summed E-state index contributed by atoms with van der Waals surface area (Å²) in [5, 5.41) is 8.68. The minimum absolute atomic E-state index is 0.138. The van der Waals surface area contributed by atoms with Gasteiger partial charge in [-0.15, -0.1) is 0 Å². The lowest BCUT2D eigenvalue weighted by Crippen LogP contribution is -2.26. The van der Waals surface area contributed by atoms with Gasteiger partial charge in [0.2, 0.25) is 5.88 Å². The van der Waals surface area contributed by atoms with Crippen LogP contribution in [-0.2, 0) is 11.3 Å². The minimum Gasteiger partial charge on any atom is -0.481 e. The molecule has 0 bridgehead atoms. The summed E-state index contributed by atoms with van der Waals surface area (Å²) in [4.78, 5) is 29.0. The van der Waals surface area contributed by atoms with E-state index in [1.807, 2.05) is 18.2 Å². The molecule has 1 unspecified atom stereocenters. The second-order valence-corrected chi connectivity index (χ2v) is 7.05. The van der Waals surface area contributed by atoms with E-state index in [0.717, 1.165) is 17.7 Å². The maximum absolute atomic E-state index is 12.9. The number of carboxylic acids is 1. The van der Waals surface area contributed by atoms with Gasteiger partial charge in [-0.05, 0) is 49.6 Å². The summed E-state index contributed by atoms with van der Waals surface area (Å²) in [6, 6.07) is 14.1. The number of unbranched alkanes of at least 4 members (excludes halogenated alkanes) is 2. The molecule has 162 valence electrons. The molecule has 0 aliphatic heterocycles. The number of nitrogens with zero attached hydrogens (tertiary/aromatic N) is 2. The quantitative estimate of drug-likeness (QED) is 0.452. The molecule has 0 saturated carbocycles. The zero-order valence-electron chi connectivity index (χ0n) is 18.4. The normalized spacial score (nSPS) is 12.1. The van der Waals surface area contributed by atoms with Crippen molar-refractivity contribution in [1.29, 1.82) is 0 Å². The molecule has 1 atom stereocenters. The van der Waals surface area contributed by atoms with Crippen LogP contribution >= 0.6 is 0 Å². The van der Waals surface area contributed by atoms with E-state index in [2.05, 4.69) is 4.98 Å². The van der Waals surface area contributed by atoms with Gasteiger partial charge in [-0.25, -0.2) is 4.98 Å². The highest BCUT2D eigenvalue weighted by atomic mass is 16.5. The summed E-state index contributed by atoms with van der Waals surface area (Å²) in [6.45, 7) is -0.634. The zero-order valence-corrected chi connectivity index (χ0v) is 17.4. The molecule has 2 aromatic heterocycles. The number of carbonyl (C=O) groups is 2. The molecule has 3 rings (SSSR count). The number of furan rings is 1. The first kappa shape index (κ1) is 20.7. The van der Waals surface area contributed by atoms with E-state index >= 15 is 0 Å². The van der Waals surface area contributed by atoms with Gasteiger partial charge in [0, 0.05) is 36.4 Å². The third-order valence-electron chi connectivity index (χ3n) is 4.66. The van der Waals surface area contributed by atoms with Crippen LogP contribution in [0.2, 0.25) is 0 Å². The largest absolute Gasteiger partial charge is 0.481 e. The molecule has 0 radical (unpaired) electrons. The van der Waals surface area contributed by atoms with Crippen LogP contribution in [0.4, 0.5) is 0 Å². The number of aromatic nitrogens is 1. The molecule has 0 fully saturated rings. The minimum atomic E-state index is -0.997. The van der Waals surface area contributed by atoms with Gasteiger partial charge in [0.25, 0.3) is 5.91 Å². The van der Waals surface area contributed by atoms with Crippen molar-refractivity contribution in [3.63, 3.8) is 0 Å². The Morgan fingerprint density at radius 2 is 1.94 bits per heavy atom. The second kappa shape index (κ2) is 11.0. The number of benzene rings is 1. The summed E-state index contributed by atoms with van der Waals surface area (Å²) in [6.07, 6.45) is 5.30. The number of amides is 1. The Morgan fingerprint density at radius 3 is 2.65 bits per heavy atom. The van der Waals surface area contributed by atoms with Gasteiger partial charge >= 0.3 is 5.97 Å². The summed E-state index contributed by atoms with van der Waals surface area (Å²) in [5.41, 5.74) is 1.81. The third-order valence-corrected chi connectivity index (χ3v) is 4.66. The lowest BCUT2D eigenvalue weighted by molar-refractivity contribution is -0.137. The molecule has 7 heteroatoms. The molecule has 31 heavy (non-hydrogen) atoms. The molecule has 1 amide bonds. The first-order valence-electron chi connectivity index (χ1n) is 10.7. The predicted octanol–water partition coefficient (Wildman–Crippen LogP) is 4.64. The Labute approximate surface area is 182 Å². The van der Waals surface area contributed by atoms with E-state index in [1.165, 1.54) is 4.90 Å². The summed E-state index contributed by atoms with van der Waals surface area (Å²) < 4.78 is 19.7. The average Bonchev–Trinajstić information content (AvgIpc) is 3.35. The fourth-order valence-electron chi connectivity index (χ4n) is 3.04. The lowest BCUT2D eigenvalue weighted by Gasteiger charge is -2.19. The highest BCUT2D eigenvalue weighted by Gasteiger charge is 2.15. The van der Waals surface area contributed by atoms with E-state index in [9.17, 15) is 9.59 Å². The van der Waals surface area contributed by atoms with Crippen molar-refractivity contribution in [1.82, 2.24) is 9.88 Å². The van der Waals surface area contributed by atoms with E-state index in [1.54, 1.807) is 49.8 Å². The van der Waals surface area contributed by atoms with Gasteiger partial charge in [0.1, 0.15) is 5.76 Å². The van der Waals surface area contributed by atoms with Crippen molar-refractivity contribution in [3.05, 3.63) is 72.1 Å². The highest BCUT2D eigenvalue weighted by molar-refractivity contribution is 5.94. The van der Waals surface area contributed by atoms with Crippen molar-refractivity contribution in [2.45, 2.75) is 32.2 Å². The number of carbonyl (C=O) groups excluding carboxylic acids is 1. The Bertz CT molecular complexity index is 1020. The Hall–Kier alpha value is -3.61. The molecule has 0 saturated heterocycles. The van der Waals surface area contributed by atoms with Crippen LogP contribution in [0.1, 0.15) is 43.0 Å². The first-order valence-corrected chi connectivity index (χ1v) is 10.1.